The summed E-state index contributed by atoms with van der Waals surface area (Å²) in [4.78, 5) is 11.1. The van der Waals surface area contributed by atoms with Crippen LogP contribution in [0.5, 0.6) is 11.5 Å². The summed E-state index contributed by atoms with van der Waals surface area (Å²) in [5, 5.41) is 18.7. The minimum absolute atomic E-state index is 0.0397. The molecule has 2 atom stereocenters. The van der Waals surface area contributed by atoms with Crippen LogP contribution in [0.15, 0.2) is 18.2 Å². The minimum atomic E-state index is -2.09. The topological polar surface area (TPSA) is 92.8 Å². The fourth-order valence-corrected chi connectivity index (χ4v) is 1.34. The number of phenols is 2. The zero-order valence-corrected chi connectivity index (χ0v) is 9.26. The van der Waals surface area contributed by atoms with E-state index in [1.165, 1.54) is 12.1 Å². The molecule has 1 aromatic rings. The Morgan fingerprint density at radius 2 is 2.18 bits per heavy atom. The van der Waals surface area contributed by atoms with Gasteiger partial charge in [0.05, 0.1) is 12.6 Å². The first-order chi connectivity index (χ1) is 7.97. The number of phenolic OH excluding ortho intramolecular Hbond substituents is 2. The van der Waals surface area contributed by atoms with Gasteiger partial charge in [-0.05, 0) is 25.1 Å². The van der Waals surface area contributed by atoms with Crippen LogP contribution < -0.4 is 5.73 Å². The van der Waals surface area contributed by atoms with E-state index in [-0.39, 0.29) is 23.7 Å². The lowest BCUT2D eigenvalue weighted by molar-refractivity contribution is -0.149. The molecule has 0 aliphatic carbocycles. The molecule has 4 N–H and O–H groups in total. The van der Waals surface area contributed by atoms with Crippen molar-refractivity contribution >= 4 is 5.97 Å². The number of carbonyl (C=O) groups is 1. The number of ether oxygens (including phenoxy) is 1. The standard InChI is InChI=1S/C11H14FNO4/c1-2-17-11(16)9(12)10(13)7-5-6(14)3-4-8(7)15/h3-5,9-10,14-15H,2,13H2,1H3/t9?,10-/m0/s1. The Morgan fingerprint density at radius 1 is 1.53 bits per heavy atom. The Bertz CT molecular complexity index is 410. The molecule has 0 aliphatic rings. The summed E-state index contributed by atoms with van der Waals surface area (Å²) >= 11 is 0. The molecule has 0 heterocycles. The van der Waals surface area contributed by atoms with E-state index in [1.807, 2.05) is 0 Å². The van der Waals surface area contributed by atoms with E-state index in [1.54, 1.807) is 6.92 Å². The zero-order valence-electron chi connectivity index (χ0n) is 9.26. The SMILES string of the molecule is CCOC(=O)C(F)[C@@H](N)c1cc(O)ccc1O. The Kier molecular flexibility index (Phi) is 4.28. The molecular formula is C11H14FNO4. The van der Waals surface area contributed by atoms with E-state index in [0.29, 0.717) is 0 Å². The Hall–Kier alpha value is -1.82. The zero-order chi connectivity index (χ0) is 13.0. The Labute approximate surface area is 97.6 Å². The molecule has 0 fully saturated rings. The Balaban J connectivity index is 2.91. The largest absolute Gasteiger partial charge is 0.508 e. The summed E-state index contributed by atoms with van der Waals surface area (Å²) in [5.41, 5.74) is 5.44. The third kappa shape index (κ3) is 3.07. The molecule has 0 saturated heterocycles. The quantitative estimate of drug-likeness (QED) is 0.542. The lowest BCUT2D eigenvalue weighted by Crippen LogP contribution is -2.31. The molecule has 0 aromatic heterocycles. The van der Waals surface area contributed by atoms with Crippen LogP contribution in [-0.2, 0) is 9.53 Å². The minimum Gasteiger partial charge on any atom is -0.508 e. The monoisotopic (exact) mass is 243 g/mol. The van der Waals surface area contributed by atoms with Gasteiger partial charge in [0.2, 0.25) is 6.17 Å². The molecule has 0 amide bonds. The number of hydrogen-bond donors (Lipinski definition) is 3. The smallest absolute Gasteiger partial charge is 0.342 e. The maximum atomic E-state index is 13.6. The van der Waals surface area contributed by atoms with Gasteiger partial charge in [-0.15, -0.1) is 0 Å². The number of esters is 1. The fourth-order valence-electron chi connectivity index (χ4n) is 1.34. The second-order valence-corrected chi connectivity index (χ2v) is 3.42. The molecule has 94 valence electrons. The highest BCUT2D eigenvalue weighted by Crippen LogP contribution is 2.29. The van der Waals surface area contributed by atoms with Crippen molar-refractivity contribution in [1.82, 2.24) is 0 Å². The molecule has 0 saturated carbocycles. The summed E-state index contributed by atoms with van der Waals surface area (Å²) < 4.78 is 18.1. The van der Waals surface area contributed by atoms with Gasteiger partial charge in [-0.25, -0.2) is 9.18 Å². The van der Waals surface area contributed by atoms with Crippen LogP contribution in [0, 0.1) is 0 Å². The van der Waals surface area contributed by atoms with Gasteiger partial charge in [-0.2, -0.15) is 0 Å². The molecule has 0 spiro atoms. The number of alkyl halides is 1. The molecule has 6 heteroatoms. The molecule has 0 bridgehead atoms. The maximum Gasteiger partial charge on any atom is 0.342 e. The van der Waals surface area contributed by atoms with Crippen LogP contribution >= 0.6 is 0 Å². The van der Waals surface area contributed by atoms with Crippen molar-refractivity contribution < 1.29 is 24.1 Å². The predicted molar refractivity (Wildman–Crippen MR) is 58.2 cm³/mol. The van der Waals surface area contributed by atoms with Gasteiger partial charge in [0, 0.05) is 5.56 Å². The van der Waals surface area contributed by atoms with Crippen LogP contribution in [0.2, 0.25) is 0 Å². The van der Waals surface area contributed by atoms with Gasteiger partial charge >= 0.3 is 5.97 Å². The van der Waals surface area contributed by atoms with Gasteiger partial charge in [-0.3, -0.25) is 0 Å². The van der Waals surface area contributed by atoms with Crippen molar-refractivity contribution in [3.05, 3.63) is 23.8 Å². The number of carbonyl (C=O) groups excluding carboxylic acids is 1. The first-order valence-corrected chi connectivity index (χ1v) is 5.05. The lowest BCUT2D eigenvalue weighted by Gasteiger charge is -2.17. The van der Waals surface area contributed by atoms with Gasteiger partial charge in [0.1, 0.15) is 11.5 Å². The van der Waals surface area contributed by atoms with Crippen molar-refractivity contribution in [3.63, 3.8) is 0 Å². The van der Waals surface area contributed by atoms with Crippen LogP contribution in [0.4, 0.5) is 4.39 Å². The maximum absolute atomic E-state index is 13.6. The van der Waals surface area contributed by atoms with E-state index in [9.17, 15) is 19.4 Å². The summed E-state index contributed by atoms with van der Waals surface area (Å²) in [6.45, 7) is 1.58. The van der Waals surface area contributed by atoms with Crippen molar-refractivity contribution in [1.29, 1.82) is 0 Å². The number of nitrogens with two attached hydrogens (primary N) is 1. The number of benzene rings is 1. The highest BCUT2D eigenvalue weighted by Gasteiger charge is 2.29. The van der Waals surface area contributed by atoms with Crippen molar-refractivity contribution in [2.24, 2.45) is 5.73 Å². The van der Waals surface area contributed by atoms with E-state index >= 15 is 0 Å². The van der Waals surface area contributed by atoms with Gasteiger partial charge in [0.25, 0.3) is 0 Å². The number of hydrogen-bond acceptors (Lipinski definition) is 5. The molecule has 5 nitrogen and oxygen atoms in total. The highest BCUT2D eigenvalue weighted by molar-refractivity contribution is 5.76. The highest BCUT2D eigenvalue weighted by atomic mass is 19.1. The van der Waals surface area contributed by atoms with Gasteiger partial charge in [-0.1, -0.05) is 0 Å². The van der Waals surface area contributed by atoms with E-state index < -0.39 is 18.2 Å². The van der Waals surface area contributed by atoms with E-state index in [4.69, 9.17) is 5.73 Å². The van der Waals surface area contributed by atoms with Crippen molar-refractivity contribution in [3.8, 4) is 11.5 Å². The Morgan fingerprint density at radius 3 is 2.76 bits per heavy atom. The third-order valence-electron chi connectivity index (χ3n) is 2.20. The molecule has 1 rings (SSSR count). The fraction of sp³-hybridized carbons (Fsp3) is 0.364. The molecule has 1 aromatic carbocycles. The van der Waals surface area contributed by atoms with Gasteiger partial charge < -0.3 is 20.7 Å². The second-order valence-electron chi connectivity index (χ2n) is 3.42. The van der Waals surface area contributed by atoms with E-state index in [2.05, 4.69) is 4.74 Å². The third-order valence-corrected chi connectivity index (χ3v) is 2.20. The van der Waals surface area contributed by atoms with Crippen LogP contribution in [-0.4, -0.2) is 29.0 Å². The summed E-state index contributed by atoms with van der Waals surface area (Å²) in [5.74, 6) is -1.56. The molecule has 1 unspecified atom stereocenters. The average molecular weight is 243 g/mol. The number of halogens is 1. The first-order valence-electron chi connectivity index (χ1n) is 5.05. The normalized spacial score (nSPS) is 14.1. The van der Waals surface area contributed by atoms with Crippen LogP contribution in [0.1, 0.15) is 18.5 Å². The van der Waals surface area contributed by atoms with Crippen molar-refractivity contribution in [2.45, 2.75) is 19.1 Å². The van der Waals surface area contributed by atoms with E-state index in [0.717, 1.165) is 6.07 Å². The average Bonchev–Trinajstić information content (AvgIpc) is 2.30. The molecule has 0 aliphatic heterocycles. The van der Waals surface area contributed by atoms with Crippen LogP contribution in [0.25, 0.3) is 0 Å². The van der Waals surface area contributed by atoms with Crippen LogP contribution in [0.3, 0.4) is 0 Å². The summed E-state index contributed by atoms with van der Waals surface area (Å²) in [7, 11) is 0. The van der Waals surface area contributed by atoms with Gasteiger partial charge in [0.15, 0.2) is 0 Å². The summed E-state index contributed by atoms with van der Waals surface area (Å²) in [6, 6.07) is 2.11. The predicted octanol–water partition coefficient (Wildman–Crippen LogP) is 0.999. The summed E-state index contributed by atoms with van der Waals surface area (Å²) in [6.07, 6.45) is -2.09. The molecule has 17 heavy (non-hydrogen) atoms. The molecule has 0 radical (unpaired) electrons. The first kappa shape index (κ1) is 13.2. The molecular weight excluding hydrogens is 229 g/mol. The lowest BCUT2D eigenvalue weighted by atomic mass is 10.0. The van der Waals surface area contributed by atoms with Crippen molar-refractivity contribution in [2.75, 3.05) is 6.61 Å². The number of rotatable bonds is 4. The number of aromatic hydroxyl groups is 2. The second kappa shape index (κ2) is 5.49.